The summed E-state index contributed by atoms with van der Waals surface area (Å²) in [5.74, 6) is 0.683. The van der Waals surface area contributed by atoms with Crippen LogP contribution in [0.1, 0.15) is 0 Å². The lowest BCUT2D eigenvalue weighted by Crippen LogP contribution is -1.90. The van der Waals surface area contributed by atoms with E-state index in [0.29, 0.717) is 15.8 Å². The number of halogens is 3. The molecule has 1 heterocycles. The minimum absolute atomic E-state index is 0. The fraction of sp³-hybridized carbons (Fsp3) is 0.0833. The van der Waals surface area contributed by atoms with Gasteiger partial charge in [-0.25, -0.2) is 0 Å². The number of rotatable bonds is 2. The lowest BCUT2D eigenvalue weighted by Gasteiger charge is -2.11. The molecule has 17 heavy (non-hydrogen) atoms. The Hall–Kier alpha value is -0.770. The van der Waals surface area contributed by atoms with Crippen LogP contribution in [0.4, 0.5) is 0 Å². The van der Waals surface area contributed by atoms with Crippen molar-refractivity contribution in [2.24, 2.45) is 0 Å². The first-order chi connectivity index (χ1) is 7.74. The summed E-state index contributed by atoms with van der Waals surface area (Å²) in [5.41, 5.74) is 1.65. The Labute approximate surface area is 120 Å². The molecule has 0 fully saturated rings. The Morgan fingerprint density at radius 3 is 2.53 bits per heavy atom. The monoisotopic (exact) mass is 333 g/mol. The van der Waals surface area contributed by atoms with Crippen molar-refractivity contribution in [1.82, 2.24) is 4.98 Å². The van der Waals surface area contributed by atoms with Crippen molar-refractivity contribution in [2.45, 2.75) is 0 Å². The highest BCUT2D eigenvalue weighted by molar-refractivity contribution is 8.93. The second-order valence-corrected chi connectivity index (χ2v) is 3.97. The molecule has 0 atom stereocenters. The maximum Gasteiger partial charge on any atom is 0.128 e. The topological polar surface area (TPSA) is 22.1 Å². The van der Waals surface area contributed by atoms with Crippen molar-refractivity contribution < 1.29 is 4.74 Å². The third kappa shape index (κ3) is 2.92. The Bertz CT molecular complexity index is 505. The van der Waals surface area contributed by atoms with Crippen LogP contribution in [0.3, 0.4) is 0 Å². The standard InChI is InChI=1S/C12H9Cl2NO.BrH/c1-16-10-5-4-9(13)12(14)11(10)8-3-2-6-15-7-8;/h2-7H,1H3;1H. The predicted molar refractivity (Wildman–Crippen MR) is 76.6 cm³/mol. The number of nitrogens with zero attached hydrogens (tertiary/aromatic N) is 1. The van der Waals surface area contributed by atoms with Crippen LogP contribution in [0.2, 0.25) is 10.0 Å². The first kappa shape index (κ1) is 14.3. The third-order valence-electron chi connectivity index (χ3n) is 2.23. The summed E-state index contributed by atoms with van der Waals surface area (Å²) in [6, 6.07) is 7.25. The second-order valence-electron chi connectivity index (χ2n) is 3.18. The first-order valence-corrected chi connectivity index (χ1v) is 5.42. The number of hydrogen-bond acceptors (Lipinski definition) is 2. The molecule has 0 aliphatic rings. The fourth-order valence-corrected chi connectivity index (χ4v) is 1.91. The summed E-state index contributed by atoms with van der Waals surface area (Å²) in [7, 11) is 1.60. The fourth-order valence-electron chi connectivity index (χ4n) is 1.48. The van der Waals surface area contributed by atoms with Gasteiger partial charge in [-0.15, -0.1) is 17.0 Å². The molecule has 0 aliphatic carbocycles. The van der Waals surface area contributed by atoms with Crippen LogP contribution >= 0.6 is 40.2 Å². The Balaban J connectivity index is 0.00000144. The highest BCUT2D eigenvalue weighted by Crippen LogP contribution is 2.40. The van der Waals surface area contributed by atoms with Gasteiger partial charge in [0.25, 0.3) is 0 Å². The average molecular weight is 335 g/mol. The quantitative estimate of drug-likeness (QED) is 0.798. The molecular weight excluding hydrogens is 325 g/mol. The SMILES string of the molecule is Br.COc1ccc(Cl)c(Cl)c1-c1cccnc1. The average Bonchev–Trinajstić information content (AvgIpc) is 2.33. The summed E-state index contributed by atoms with van der Waals surface area (Å²) < 4.78 is 5.26. The third-order valence-corrected chi connectivity index (χ3v) is 3.03. The van der Waals surface area contributed by atoms with E-state index < -0.39 is 0 Å². The second kappa shape index (κ2) is 6.24. The number of ether oxygens (including phenoxy) is 1. The van der Waals surface area contributed by atoms with Crippen molar-refractivity contribution in [3.8, 4) is 16.9 Å². The maximum atomic E-state index is 6.17. The van der Waals surface area contributed by atoms with Gasteiger partial charge in [0.15, 0.2) is 0 Å². The summed E-state index contributed by atoms with van der Waals surface area (Å²) >= 11 is 12.2. The maximum absolute atomic E-state index is 6.17. The van der Waals surface area contributed by atoms with E-state index in [2.05, 4.69) is 4.98 Å². The normalized spacial score (nSPS) is 9.59. The minimum atomic E-state index is 0. The zero-order valence-corrected chi connectivity index (χ0v) is 12.2. The van der Waals surface area contributed by atoms with Gasteiger partial charge in [-0.3, -0.25) is 4.98 Å². The number of aromatic nitrogens is 1. The van der Waals surface area contributed by atoms with Gasteiger partial charge < -0.3 is 4.74 Å². The van der Waals surface area contributed by atoms with Crippen molar-refractivity contribution in [2.75, 3.05) is 7.11 Å². The van der Waals surface area contributed by atoms with E-state index in [-0.39, 0.29) is 17.0 Å². The molecule has 0 unspecified atom stereocenters. The van der Waals surface area contributed by atoms with E-state index in [4.69, 9.17) is 27.9 Å². The number of benzene rings is 1. The van der Waals surface area contributed by atoms with Crippen molar-refractivity contribution in [3.05, 3.63) is 46.7 Å². The molecule has 1 aromatic heterocycles. The number of pyridine rings is 1. The molecule has 1 aromatic carbocycles. The molecule has 0 bridgehead atoms. The Morgan fingerprint density at radius 1 is 1.18 bits per heavy atom. The molecule has 0 N–H and O–H groups in total. The molecule has 0 saturated carbocycles. The Morgan fingerprint density at radius 2 is 1.94 bits per heavy atom. The van der Waals surface area contributed by atoms with Gasteiger partial charge in [-0.05, 0) is 18.2 Å². The highest BCUT2D eigenvalue weighted by atomic mass is 79.9. The lowest BCUT2D eigenvalue weighted by molar-refractivity contribution is 0.416. The molecule has 0 aliphatic heterocycles. The van der Waals surface area contributed by atoms with E-state index in [1.165, 1.54) is 0 Å². The molecule has 2 nitrogen and oxygen atoms in total. The molecule has 0 radical (unpaired) electrons. The van der Waals surface area contributed by atoms with Gasteiger partial charge in [-0.2, -0.15) is 0 Å². The molecule has 0 amide bonds. The van der Waals surface area contributed by atoms with E-state index in [1.54, 1.807) is 31.6 Å². The van der Waals surface area contributed by atoms with Crippen molar-refractivity contribution in [3.63, 3.8) is 0 Å². The first-order valence-electron chi connectivity index (χ1n) is 4.66. The van der Waals surface area contributed by atoms with Crippen LogP contribution in [0.5, 0.6) is 5.75 Å². The van der Waals surface area contributed by atoms with E-state index in [9.17, 15) is 0 Å². The van der Waals surface area contributed by atoms with Crippen LogP contribution in [0.15, 0.2) is 36.7 Å². The Kier molecular flexibility index (Phi) is 5.25. The minimum Gasteiger partial charge on any atom is -0.496 e. The largest absolute Gasteiger partial charge is 0.496 e. The lowest BCUT2D eigenvalue weighted by atomic mass is 10.1. The number of hydrogen-bond donors (Lipinski definition) is 0. The van der Waals surface area contributed by atoms with Crippen LogP contribution in [-0.2, 0) is 0 Å². The zero-order chi connectivity index (χ0) is 11.5. The molecule has 0 saturated heterocycles. The predicted octanol–water partition coefficient (Wildman–Crippen LogP) is 4.64. The molecule has 2 aromatic rings. The summed E-state index contributed by atoms with van der Waals surface area (Å²) in [4.78, 5) is 4.05. The van der Waals surface area contributed by atoms with Crippen LogP contribution in [-0.4, -0.2) is 12.1 Å². The smallest absolute Gasteiger partial charge is 0.128 e. The van der Waals surface area contributed by atoms with E-state index in [1.807, 2.05) is 12.1 Å². The van der Waals surface area contributed by atoms with Crippen LogP contribution in [0.25, 0.3) is 11.1 Å². The molecule has 2 rings (SSSR count). The molecule has 5 heteroatoms. The molecule has 90 valence electrons. The van der Waals surface area contributed by atoms with E-state index >= 15 is 0 Å². The van der Waals surface area contributed by atoms with Crippen molar-refractivity contribution in [1.29, 1.82) is 0 Å². The van der Waals surface area contributed by atoms with Gasteiger partial charge >= 0.3 is 0 Å². The van der Waals surface area contributed by atoms with Gasteiger partial charge in [0.1, 0.15) is 5.75 Å². The highest BCUT2D eigenvalue weighted by Gasteiger charge is 2.13. The summed E-state index contributed by atoms with van der Waals surface area (Å²) in [5, 5.41) is 0.982. The van der Waals surface area contributed by atoms with E-state index in [0.717, 1.165) is 11.1 Å². The summed E-state index contributed by atoms with van der Waals surface area (Å²) in [6.07, 6.45) is 3.43. The molecular formula is C12H10BrCl2NO. The van der Waals surface area contributed by atoms with Gasteiger partial charge in [0.05, 0.1) is 17.2 Å². The van der Waals surface area contributed by atoms with Gasteiger partial charge in [0, 0.05) is 23.5 Å². The van der Waals surface area contributed by atoms with Crippen LogP contribution in [0, 0.1) is 0 Å². The van der Waals surface area contributed by atoms with Gasteiger partial charge in [-0.1, -0.05) is 29.3 Å². The number of methoxy groups -OCH3 is 1. The van der Waals surface area contributed by atoms with Crippen LogP contribution < -0.4 is 4.74 Å². The zero-order valence-electron chi connectivity index (χ0n) is 8.98. The summed E-state index contributed by atoms with van der Waals surface area (Å²) in [6.45, 7) is 0. The van der Waals surface area contributed by atoms with Gasteiger partial charge in [0.2, 0.25) is 0 Å². The molecule has 0 spiro atoms. The van der Waals surface area contributed by atoms with Crippen molar-refractivity contribution >= 4 is 40.2 Å².